The van der Waals surface area contributed by atoms with E-state index in [4.69, 9.17) is 4.74 Å². The zero-order valence-electron chi connectivity index (χ0n) is 15.3. The fraction of sp³-hybridized carbons (Fsp3) is 0.722. The van der Waals surface area contributed by atoms with E-state index < -0.39 is 0 Å². The number of aromatic nitrogens is 4. The molecule has 1 aliphatic heterocycles. The Labute approximate surface area is 159 Å². The van der Waals surface area contributed by atoms with Gasteiger partial charge in [-0.1, -0.05) is 13.8 Å². The molecule has 2 saturated carbocycles. The van der Waals surface area contributed by atoms with E-state index in [2.05, 4.69) is 45.6 Å². The highest BCUT2D eigenvalue weighted by atomic mass is 35.5. The Morgan fingerprint density at radius 3 is 2.81 bits per heavy atom. The van der Waals surface area contributed by atoms with Crippen LogP contribution in [0.4, 0.5) is 5.82 Å². The zero-order chi connectivity index (χ0) is 17.0. The van der Waals surface area contributed by atoms with Crippen LogP contribution in [0.3, 0.4) is 0 Å². The molecule has 3 fully saturated rings. The van der Waals surface area contributed by atoms with Crippen molar-refractivity contribution in [1.82, 2.24) is 24.9 Å². The molecule has 2 aromatic rings. The molecule has 2 aromatic heterocycles. The molecule has 0 radical (unpaired) electrons. The second kappa shape index (κ2) is 6.85. The SMILES string of the molecule is CC(C)c1cc(NC[C@@H]2C[C@@H]3C[C@H]2CN3)n2nc(OC3CC3)nc2n1.Cl. The fourth-order valence-electron chi connectivity index (χ4n) is 4.11. The van der Waals surface area contributed by atoms with E-state index in [9.17, 15) is 0 Å². The summed E-state index contributed by atoms with van der Waals surface area (Å²) < 4.78 is 7.57. The number of fused-ring (bicyclic) bond motifs is 3. The smallest absolute Gasteiger partial charge is 0.338 e. The van der Waals surface area contributed by atoms with Gasteiger partial charge in [0.05, 0.1) is 5.69 Å². The van der Waals surface area contributed by atoms with Crippen LogP contribution in [0.1, 0.15) is 51.1 Å². The molecular weight excluding hydrogens is 352 g/mol. The molecular formula is C18H27ClN6O. The maximum absolute atomic E-state index is 5.76. The third-order valence-electron chi connectivity index (χ3n) is 5.76. The number of piperidine rings is 1. The maximum atomic E-state index is 5.76. The van der Waals surface area contributed by atoms with Crippen LogP contribution in [0.25, 0.3) is 5.78 Å². The summed E-state index contributed by atoms with van der Waals surface area (Å²) in [7, 11) is 0. The van der Waals surface area contributed by atoms with E-state index >= 15 is 0 Å². The van der Waals surface area contributed by atoms with Gasteiger partial charge in [0.2, 0.25) is 0 Å². The molecule has 7 nitrogen and oxygen atoms in total. The minimum Gasteiger partial charge on any atom is -0.459 e. The Kier molecular flexibility index (Phi) is 4.69. The molecule has 3 aliphatic rings. The number of nitrogens with zero attached hydrogens (tertiary/aromatic N) is 4. The molecule has 2 bridgehead atoms. The summed E-state index contributed by atoms with van der Waals surface area (Å²) in [6.07, 6.45) is 5.10. The number of ether oxygens (including phenoxy) is 1. The van der Waals surface area contributed by atoms with Gasteiger partial charge in [0.25, 0.3) is 5.78 Å². The third-order valence-corrected chi connectivity index (χ3v) is 5.76. The summed E-state index contributed by atoms with van der Waals surface area (Å²) in [4.78, 5) is 9.14. The lowest BCUT2D eigenvalue weighted by Crippen LogP contribution is -2.33. The molecule has 2 aliphatic carbocycles. The lowest BCUT2D eigenvalue weighted by Gasteiger charge is -2.23. The lowest BCUT2D eigenvalue weighted by atomic mass is 9.95. The number of nitrogens with one attached hydrogen (secondary N) is 2. The van der Waals surface area contributed by atoms with Crippen molar-refractivity contribution in [3.05, 3.63) is 11.8 Å². The quantitative estimate of drug-likeness (QED) is 0.804. The van der Waals surface area contributed by atoms with Crippen LogP contribution in [0.2, 0.25) is 0 Å². The van der Waals surface area contributed by atoms with Gasteiger partial charge in [-0.25, -0.2) is 4.98 Å². The molecule has 2 N–H and O–H groups in total. The summed E-state index contributed by atoms with van der Waals surface area (Å²) in [6, 6.07) is 3.28. The lowest BCUT2D eigenvalue weighted by molar-refractivity contribution is 0.279. The molecule has 1 saturated heterocycles. The van der Waals surface area contributed by atoms with Crippen LogP contribution < -0.4 is 15.4 Å². The van der Waals surface area contributed by atoms with Crippen molar-refractivity contribution in [2.24, 2.45) is 11.8 Å². The maximum Gasteiger partial charge on any atom is 0.338 e. The van der Waals surface area contributed by atoms with Gasteiger partial charge < -0.3 is 15.4 Å². The predicted molar refractivity (Wildman–Crippen MR) is 102 cm³/mol. The molecule has 8 heteroatoms. The van der Waals surface area contributed by atoms with Gasteiger partial charge in [-0.05, 0) is 50.0 Å². The Balaban J connectivity index is 0.00000168. The van der Waals surface area contributed by atoms with Crippen molar-refractivity contribution >= 4 is 24.0 Å². The first-order chi connectivity index (χ1) is 12.2. The highest BCUT2D eigenvalue weighted by molar-refractivity contribution is 5.85. The Hall–Kier alpha value is -1.60. The van der Waals surface area contributed by atoms with Gasteiger partial charge in [0, 0.05) is 18.7 Å². The van der Waals surface area contributed by atoms with Gasteiger partial charge in [-0.3, -0.25) is 0 Å². The zero-order valence-corrected chi connectivity index (χ0v) is 16.1. The fourth-order valence-corrected chi connectivity index (χ4v) is 4.11. The van der Waals surface area contributed by atoms with E-state index in [1.807, 2.05) is 0 Å². The van der Waals surface area contributed by atoms with E-state index in [1.54, 1.807) is 4.52 Å². The number of rotatable bonds is 6. The largest absolute Gasteiger partial charge is 0.459 e. The minimum atomic E-state index is 0. The van der Waals surface area contributed by atoms with Crippen molar-refractivity contribution in [3.8, 4) is 6.01 Å². The highest BCUT2D eigenvalue weighted by Gasteiger charge is 2.39. The molecule has 0 spiro atoms. The van der Waals surface area contributed by atoms with Gasteiger partial charge in [-0.2, -0.15) is 9.50 Å². The third kappa shape index (κ3) is 3.34. The van der Waals surface area contributed by atoms with E-state index in [0.29, 0.717) is 23.8 Å². The van der Waals surface area contributed by atoms with Gasteiger partial charge >= 0.3 is 6.01 Å². The first-order valence-corrected chi connectivity index (χ1v) is 9.57. The van der Waals surface area contributed by atoms with Crippen LogP contribution in [-0.2, 0) is 0 Å². The number of hydrogen-bond donors (Lipinski definition) is 2. The van der Waals surface area contributed by atoms with Gasteiger partial charge in [0.15, 0.2) is 0 Å². The molecule has 5 rings (SSSR count). The molecule has 142 valence electrons. The summed E-state index contributed by atoms with van der Waals surface area (Å²) in [5.41, 5.74) is 1.04. The van der Waals surface area contributed by atoms with Crippen LogP contribution in [-0.4, -0.2) is 44.8 Å². The summed E-state index contributed by atoms with van der Waals surface area (Å²) in [5.74, 6) is 3.50. The van der Waals surface area contributed by atoms with Crippen LogP contribution in [0.5, 0.6) is 6.01 Å². The summed E-state index contributed by atoms with van der Waals surface area (Å²) in [6.45, 7) is 6.46. The van der Waals surface area contributed by atoms with Crippen molar-refractivity contribution in [3.63, 3.8) is 0 Å². The van der Waals surface area contributed by atoms with Crippen molar-refractivity contribution in [2.75, 3.05) is 18.4 Å². The molecule has 3 heterocycles. The van der Waals surface area contributed by atoms with Crippen molar-refractivity contribution < 1.29 is 4.74 Å². The highest BCUT2D eigenvalue weighted by Crippen LogP contribution is 2.36. The second-order valence-corrected chi connectivity index (χ2v) is 8.12. The average Bonchev–Trinajstić information content (AvgIpc) is 3.00. The standard InChI is InChI=1S/C18H26N6O.ClH/c1-10(2)15-7-16(20-9-12-6-13-5-11(12)8-19-13)24-17(21-15)22-18(23-24)25-14-3-4-14;/h7,10-14,19-20H,3-6,8-9H2,1-2H3;1H/t11-,12-,13-;/m0./s1. The summed E-state index contributed by atoms with van der Waals surface area (Å²) in [5, 5.41) is 11.7. The van der Waals surface area contributed by atoms with Crippen LogP contribution in [0.15, 0.2) is 6.07 Å². The minimum absolute atomic E-state index is 0. The van der Waals surface area contributed by atoms with Crippen molar-refractivity contribution in [2.45, 2.75) is 57.6 Å². The van der Waals surface area contributed by atoms with Gasteiger partial charge in [0.1, 0.15) is 11.9 Å². The van der Waals surface area contributed by atoms with Gasteiger partial charge in [-0.15, -0.1) is 17.5 Å². The number of halogens is 1. The number of anilines is 1. The molecule has 26 heavy (non-hydrogen) atoms. The Bertz CT molecular complexity index is 789. The van der Waals surface area contributed by atoms with E-state index in [1.165, 1.54) is 19.4 Å². The molecule has 3 atom stereocenters. The molecule has 0 unspecified atom stereocenters. The average molecular weight is 379 g/mol. The molecule has 0 amide bonds. The second-order valence-electron chi connectivity index (χ2n) is 8.12. The Morgan fingerprint density at radius 2 is 2.15 bits per heavy atom. The van der Waals surface area contributed by atoms with Crippen LogP contribution in [0, 0.1) is 11.8 Å². The number of hydrogen-bond acceptors (Lipinski definition) is 6. The first kappa shape index (κ1) is 17.8. The monoisotopic (exact) mass is 378 g/mol. The van der Waals surface area contributed by atoms with E-state index in [0.717, 1.165) is 48.8 Å². The first-order valence-electron chi connectivity index (χ1n) is 9.57. The van der Waals surface area contributed by atoms with Crippen molar-refractivity contribution in [1.29, 1.82) is 0 Å². The van der Waals surface area contributed by atoms with Crippen LogP contribution >= 0.6 is 12.4 Å². The van der Waals surface area contributed by atoms with E-state index in [-0.39, 0.29) is 12.4 Å². The normalized spacial score (nSPS) is 27.1. The summed E-state index contributed by atoms with van der Waals surface area (Å²) >= 11 is 0. The molecule has 0 aromatic carbocycles. The predicted octanol–water partition coefficient (Wildman–Crippen LogP) is 2.62. The topological polar surface area (TPSA) is 76.4 Å². The Morgan fingerprint density at radius 1 is 1.31 bits per heavy atom.